The van der Waals surface area contributed by atoms with E-state index in [2.05, 4.69) is 43.0 Å². The van der Waals surface area contributed by atoms with Crippen molar-refractivity contribution >= 4 is 0 Å². The minimum Gasteiger partial charge on any atom is -0.356 e. The lowest BCUT2D eigenvalue weighted by molar-refractivity contribution is 0.137. The maximum absolute atomic E-state index is 2.66. The van der Waals surface area contributed by atoms with Gasteiger partial charge >= 0.3 is 0 Å². The molecule has 2 nitrogen and oxygen atoms in total. The molecule has 0 saturated heterocycles. The van der Waals surface area contributed by atoms with E-state index in [9.17, 15) is 0 Å². The summed E-state index contributed by atoms with van der Waals surface area (Å²) in [6.07, 6.45) is 38.2. The van der Waals surface area contributed by atoms with Gasteiger partial charge in [0, 0.05) is 25.5 Å². The molecule has 2 heteroatoms. The average Bonchev–Trinajstić information content (AvgIpc) is 3.20. The van der Waals surface area contributed by atoms with E-state index in [1.165, 1.54) is 161 Å². The summed E-state index contributed by atoms with van der Waals surface area (Å²) in [4.78, 5) is 5.27. The molecule has 0 aromatic carbocycles. The Morgan fingerprint density at radius 2 is 0.758 bits per heavy atom. The number of hydrogen-bond acceptors (Lipinski definition) is 2. The van der Waals surface area contributed by atoms with E-state index < -0.39 is 0 Å². The van der Waals surface area contributed by atoms with Crippen molar-refractivity contribution in [2.24, 2.45) is 0 Å². The van der Waals surface area contributed by atoms with Crippen LogP contribution in [0.2, 0.25) is 0 Å². The van der Waals surface area contributed by atoms with Crippen molar-refractivity contribution in [1.82, 2.24) is 9.80 Å². The maximum atomic E-state index is 2.66. The first-order valence-corrected chi connectivity index (χ1v) is 15.5. The molecule has 1 heterocycles. The lowest BCUT2D eigenvalue weighted by Crippen LogP contribution is -2.39. The summed E-state index contributed by atoms with van der Waals surface area (Å²) in [5.74, 6) is 0. The van der Waals surface area contributed by atoms with Gasteiger partial charge in [0.15, 0.2) is 0 Å². The van der Waals surface area contributed by atoms with Crippen LogP contribution in [0.25, 0.3) is 0 Å². The van der Waals surface area contributed by atoms with Gasteiger partial charge in [-0.3, -0.25) is 0 Å². The van der Waals surface area contributed by atoms with Crippen molar-refractivity contribution in [3.8, 4) is 0 Å². The molecule has 0 fully saturated rings. The highest BCUT2D eigenvalue weighted by molar-refractivity contribution is 4.96. The molecule has 0 spiro atoms. The third kappa shape index (κ3) is 16.6. The minimum absolute atomic E-state index is 0.641. The third-order valence-corrected chi connectivity index (χ3v) is 7.53. The molecule has 1 atom stereocenters. The summed E-state index contributed by atoms with van der Waals surface area (Å²) in [6, 6.07) is 0. The molecule has 1 rings (SSSR count). The highest BCUT2D eigenvalue weighted by Crippen LogP contribution is 2.23. The molecule has 0 saturated carbocycles. The topological polar surface area (TPSA) is 6.48 Å². The number of nitrogens with zero attached hydrogens (tertiary/aromatic N) is 2. The Kier molecular flexibility index (Phi) is 21.3. The second-order valence-electron chi connectivity index (χ2n) is 10.8. The first kappa shape index (κ1) is 30.4. The number of hydrogen-bond donors (Lipinski definition) is 0. The SMILES string of the molecule is CCCCCCCCCCCCCCCCCN1C=CN(CCC)C1CCCCCCCC. The predicted molar refractivity (Wildman–Crippen MR) is 150 cm³/mol. The van der Waals surface area contributed by atoms with Gasteiger partial charge in [0.05, 0.1) is 0 Å². The monoisotopic (exact) mass is 462 g/mol. The quantitative estimate of drug-likeness (QED) is 0.124. The summed E-state index contributed by atoms with van der Waals surface area (Å²) in [5, 5.41) is 0. The fourth-order valence-electron chi connectivity index (χ4n) is 5.37. The zero-order valence-corrected chi connectivity index (χ0v) is 23.3. The van der Waals surface area contributed by atoms with Crippen LogP contribution >= 0.6 is 0 Å². The largest absolute Gasteiger partial charge is 0.356 e. The van der Waals surface area contributed by atoms with Crippen LogP contribution in [-0.2, 0) is 0 Å². The van der Waals surface area contributed by atoms with Gasteiger partial charge in [-0.2, -0.15) is 0 Å². The summed E-state index contributed by atoms with van der Waals surface area (Å²) >= 11 is 0. The smallest absolute Gasteiger partial charge is 0.101 e. The summed E-state index contributed by atoms with van der Waals surface area (Å²) in [7, 11) is 0. The van der Waals surface area contributed by atoms with Gasteiger partial charge in [0.1, 0.15) is 6.17 Å². The molecule has 0 aromatic heterocycles. The van der Waals surface area contributed by atoms with Crippen LogP contribution in [0.3, 0.4) is 0 Å². The highest BCUT2D eigenvalue weighted by atomic mass is 15.4. The first-order valence-electron chi connectivity index (χ1n) is 15.5. The number of unbranched alkanes of at least 4 members (excludes halogenated alkanes) is 19. The Hall–Kier alpha value is -0.660. The maximum Gasteiger partial charge on any atom is 0.101 e. The van der Waals surface area contributed by atoms with Crippen LogP contribution in [0, 0.1) is 0 Å². The molecule has 0 aliphatic carbocycles. The van der Waals surface area contributed by atoms with Gasteiger partial charge in [-0.05, 0) is 25.7 Å². The van der Waals surface area contributed by atoms with E-state index in [0.29, 0.717) is 6.17 Å². The molecular weight excluding hydrogens is 400 g/mol. The van der Waals surface area contributed by atoms with Gasteiger partial charge in [0.25, 0.3) is 0 Å². The average molecular weight is 463 g/mol. The van der Waals surface area contributed by atoms with E-state index in [0.717, 1.165) is 0 Å². The summed E-state index contributed by atoms with van der Waals surface area (Å²) in [5.41, 5.74) is 0. The molecule has 1 aliphatic heterocycles. The van der Waals surface area contributed by atoms with E-state index in [1.54, 1.807) is 0 Å². The lowest BCUT2D eigenvalue weighted by Gasteiger charge is -2.33. The molecule has 1 unspecified atom stereocenters. The minimum atomic E-state index is 0.641. The van der Waals surface area contributed by atoms with E-state index in [-0.39, 0.29) is 0 Å². The van der Waals surface area contributed by atoms with Crippen molar-refractivity contribution in [2.75, 3.05) is 13.1 Å². The zero-order chi connectivity index (χ0) is 23.8. The van der Waals surface area contributed by atoms with E-state index in [1.807, 2.05) is 0 Å². The predicted octanol–water partition coefficient (Wildman–Crippen LogP) is 10.4. The van der Waals surface area contributed by atoms with Crippen LogP contribution in [-0.4, -0.2) is 29.1 Å². The normalized spacial score (nSPS) is 15.8. The third-order valence-electron chi connectivity index (χ3n) is 7.53. The molecule has 1 aliphatic rings. The van der Waals surface area contributed by atoms with Crippen LogP contribution in [0.4, 0.5) is 0 Å². The van der Waals surface area contributed by atoms with Crippen molar-refractivity contribution < 1.29 is 0 Å². The second-order valence-corrected chi connectivity index (χ2v) is 10.8. The molecule has 196 valence electrons. The standard InChI is InChI=1S/C31H62N2/c1-4-7-9-11-13-14-15-16-17-18-19-20-21-23-25-28-33-30-29-32(27-6-3)31(33)26-24-22-12-10-8-5-2/h29-31H,4-28H2,1-3H3. The van der Waals surface area contributed by atoms with Crippen molar-refractivity contribution in [3.63, 3.8) is 0 Å². The highest BCUT2D eigenvalue weighted by Gasteiger charge is 2.24. The van der Waals surface area contributed by atoms with Crippen molar-refractivity contribution in [1.29, 1.82) is 0 Å². The van der Waals surface area contributed by atoms with E-state index >= 15 is 0 Å². The van der Waals surface area contributed by atoms with Crippen LogP contribution in [0.15, 0.2) is 12.4 Å². The van der Waals surface area contributed by atoms with Gasteiger partial charge in [-0.1, -0.05) is 143 Å². The van der Waals surface area contributed by atoms with Crippen LogP contribution < -0.4 is 0 Å². The van der Waals surface area contributed by atoms with Gasteiger partial charge in [0.2, 0.25) is 0 Å². The zero-order valence-electron chi connectivity index (χ0n) is 23.3. The Morgan fingerprint density at radius 3 is 1.18 bits per heavy atom. The summed E-state index contributed by atoms with van der Waals surface area (Å²) < 4.78 is 0. The molecule has 0 aromatic rings. The Bertz CT molecular complexity index is 419. The Labute approximate surface area is 210 Å². The van der Waals surface area contributed by atoms with E-state index in [4.69, 9.17) is 0 Å². The fourth-order valence-corrected chi connectivity index (χ4v) is 5.37. The molecular formula is C31H62N2. The Balaban J connectivity index is 1.99. The molecule has 0 radical (unpaired) electrons. The van der Waals surface area contributed by atoms with Crippen LogP contribution in [0.1, 0.15) is 168 Å². The fraction of sp³-hybridized carbons (Fsp3) is 0.935. The molecule has 33 heavy (non-hydrogen) atoms. The van der Waals surface area contributed by atoms with Crippen molar-refractivity contribution in [2.45, 2.75) is 175 Å². The van der Waals surface area contributed by atoms with Crippen molar-refractivity contribution in [3.05, 3.63) is 12.4 Å². The molecule has 0 amide bonds. The second kappa shape index (κ2) is 23.1. The van der Waals surface area contributed by atoms with Gasteiger partial charge < -0.3 is 9.80 Å². The number of rotatable bonds is 25. The summed E-state index contributed by atoms with van der Waals surface area (Å²) in [6.45, 7) is 9.40. The van der Waals surface area contributed by atoms with Gasteiger partial charge in [-0.15, -0.1) is 0 Å². The molecule has 0 N–H and O–H groups in total. The lowest BCUT2D eigenvalue weighted by atomic mass is 10.0. The first-order chi connectivity index (χ1) is 16.3. The molecule has 0 bridgehead atoms. The Morgan fingerprint density at radius 1 is 0.394 bits per heavy atom. The van der Waals surface area contributed by atoms with Gasteiger partial charge in [-0.25, -0.2) is 0 Å². The van der Waals surface area contributed by atoms with Crippen LogP contribution in [0.5, 0.6) is 0 Å².